The molecule has 2 amide bonds. The molecule has 27 heavy (non-hydrogen) atoms. The van der Waals surface area contributed by atoms with Gasteiger partial charge in [-0.3, -0.25) is 9.59 Å². The smallest absolute Gasteiger partial charge is 0.313 e. The van der Waals surface area contributed by atoms with Crippen LogP contribution >= 0.6 is 0 Å². The van der Waals surface area contributed by atoms with Crippen molar-refractivity contribution in [2.24, 2.45) is 17.6 Å². The summed E-state index contributed by atoms with van der Waals surface area (Å²) in [5, 5.41) is 2.68. The predicted molar refractivity (Wildman–Crippen MR) is 106 cm³/mol. The number of nitrogens with one attached hydrogen (secondary N) is 1. The first-order valence-corrected chi connectivity index (χ1v) is 9.94. The van der Waals surface area contributed by atoms with Gasteiger partial charge in [-0.05, 0) is 68.9 Å². The second-order valence-electron chi connectivity index (χ2n) is 8.26. The Morgan fingerprint density at radius 3 is 2.56 bits per heavy atom. The summed E-state index contributed by atoms with van der Waals surface area (Å²) in [5.74, 6) is 0.210. The zero-order valence-corrected chi connectivity index (χ0v) is 16.3. The molecule has 5 N–H and O–H groups in total. The van der Waals surface area contributed by atoms with E-state index in [1.807, 2.05) is 11.8 Å². The number of rotatable bonds is 2. The first-order chi connectivity index (χ1) is 12.8. The maximum Gasteiger partial charge on any atom is 0.313 e. The van der Waals surface area contributed by atoms with Gasteiger partial charge in [0.05, 0.1) is 11.9 Å². The van der Waals surface area contributed by atoms with E-state index in [0.717, 1.165) is 44.1 Å². The van der Waals surface area contributed by atoms with Crippen LogP contribution in [0.4, 0.5) is 11.5 Å². The zero-order valence-electron chi connectivity index (χ0n) is 16.3. The zero-order chi connectivity index (χ0) is 19.6. The van der Waals surface area contributed by atoms with Gasteiger partial charge in [-0.25, -0.2) is 4.98 Å². The van der Waals surface area contributed by atoms with Crippen LogP contribution in [0, 0.1) is 18.8 Å². The highest BCUT2D eigenvalue weighted by molar-refractivity contribution is 6.39. The molecular weight excluding hydrogens is 342 g/mol. The fourth-order valence-corrected chi connectivity index (χ4v) is 4.40. The van der Waals surface area contributed by atoms with Crippen LogP contribution in [0.5, 0.6) is 0 Å². The number of hydrogen-bond donors (Lipinski definition) is 3. The van der Waals surface area contributed by atoms with Gasteiger partial charge in [-0.2, -0.15) is 0 Å². The average molecular weight is 374 g/mol. The van der Waals surface area contributed by atoms with Crippen LogP contribution in [0.15, 0.2) is 12.3 Å². The van der Waals surface area contributed by atoms with E-state index in [9.17, 15) is 9.59 Å². The lowest BCUT2D eigenvalue weighted by molar-refractivity contribution is -0.147. The normalized spacial score (nSPS) is 28.6. The molecule has 2 aliphatic rings. The van der Waals surface area contributed by atoms with E-state index in [1.165, 1.54) is 6.20 Å². The van der Waals surface area contributed by atoms with Crippen molar-refractivity contribution in [1.29, 1.82) is 0 Å². The molecule has 7 heteroatoms. The van der Waals surface area contributed by atoms with Gasteiger partial charge in [-0.15, -0.1) is 0 Å². The third-order valence-electron chi connectivity index (χ3n) is 6.06. The molecule has 1 aliphatic carbocycles. The van der Waals surface area contributed by atoms with Crippen molar-refractivity contribution < 1.29 is 9.59 Å². The molecule has 1 saturated carbocycles. The van der Waals surface area contributed by atoms with Crippen LogP contribution < -0.4 is 16.8 Å². The number of hydrogen-bond acceptors (Lipinski definition) is 5. The molecule has 2 atom stereocenters. The Labute approximate surface area is 160 Å². The summed E-state index contributed by atoms with van der Waals surface area (Å²) >= 11 is 0. The largest absolute Gasteiger partial charge is 0.383 e. The number of nitrogens with two attached hydrogens (primary N) is 2. The standard InChI is InChI=1S/C20H31N5O2/c1-12-3-8-17(14-4-6-15(21)7-5-14)25(11-12)20(27)19(26)24-16-9-13(2)18(22)23-10-16/h9-10,12,14-15,17H,3-8,11,21H2,1-2H3,(H2,22,23)(H,24,26)/t12-,14?,15?,17+/m1/s1. The van der Waals surface area contributed by atoms with Crippen LogP contribution in [0.3, 0.4) is 0 Å². The van der Waals surface area contributed by atoms with Gasteiger partial charge in [0.25, 0.3) is 0 Å². The quantitative estimate of drug-likeness (QED) is 0.687. The number of pyridine rings is 1. The second-order valence-corrected chi connectivity index (χ2v) is 8.26. The molecule has 1 aromatic heterocycles. The minimum atomic E-state index is -0.604. The van der Waals surface area contributed by atoms with Crippen molar-refractivity contribution >= 4 is 23.3 Å². The van der Waals surface area contributed by atoms with E-state index in [4.69, 9.17) is 11.5 Å². The van der Waals surface area contributed by atoms with Crippen molar-refractivity contribution in [2.45, 2.75) is 64.5 Å². The van der Waals surface area contributed by atoms with E-state index < -0.39 is 11.8 Å². The lowest BCUT2D eigenvalue weighted by Crippen LogP contribution is -2.53. The Kier molecular flexibility index (Phi) is 5.99. The molecule has 7 nitrogen and oxygen atoms in total. The van der Waals surface area contributed by atoms with Crippen LogP contribution in [-0.2, 0) is 9.59 Å². The Balaban J connectivity index is 1.70. The van der Waals surface area contributed by atoms with E-state index in [-0.39, 0.29) is 12.1 Å². The van der Waals surface area contributed by atoms with E-state index in [0.29, 0.717) is 29.9 Å². The Morgan fingerprint density at radius 2 is 1.89 bits per heavy atom. The molecule has 148 valence electrons. The van der Waals surface area contributed by atoms with Gasteiger partial charge in [-0.1, -0.05) is 6.92 Å². The van der Waals surface area contributed by atoms with Gasteiger partial charge >= 0.3 is 11.8 Å². The van der Waals surface area contributed by atoms with E-state index >= 15 is 0 Å². The second kappa shape index (κ2) is 8.25. The average Bonchev–Trinajstić information content (AvgIpc) is 2.65. The van der Waals surface area contributed by atoms with Crippen molar-refractivity contribution in [3.8, 4) is 0 Å². The molecule has 1 aromatic rings. The molecule has 3 rings (SSSR count). The SMILES string of the molecule is Cc1cc(NC(=O)C(=O)N2C[C@H](C)CC[C@H]2C2CCC(N)CC2)cnc1N. The van der Waals surface area contributed by atoms with Crippen LogP contribution in [0.1, 0.15) is 51.0 Å². The molecule has 0 radical (unpaired) electrons. The van der Waals surface area contributed by atoms with Crippen molar-refractivity contribution in [3.63, 3.8) is 0 Å². The first-order valence-electron chi connectivity index (χ1n) is 9.94. The van der Waals surface area contributed by atoms with Crippen LogP contribution in [-0.4, -0.2) is 40.3 Å². The number of likely N-dealkylation sites (tertiary alicyclic amines) is 1. The van der Waals surface area contributed by atoms with Crippen molar-refractivity contribution in [2.75, 3.05) is 17.6 Å². The molecule has 1 aliphatic heterocycles. The maximum atomic E-state index is 13.0. The summed E-state index contributed by atoms with van der Waals surface area (Å²) < 4.78 is 0. The Morgan fingerprint density at radius 1 is 1.19 bits per heavy atom. The molecular formula is C20H31N5O2. The lowest BCUT2D eigenvalue weighted by atomic mass is 9.77. The minimum Gasteiger partial charge on any atom is -0.383 e. The topological polar surface area (TPSA) is 114 Å². The molecule has 1 saturated heterocycles. The van der Waals surface area contributed by atoms with Crippen LogP contribution in [0.25, 0.3) is 0 Å². The number of nitrogen functional groups attached to an aromatic ring is 1. The van der Waals surface area contributed by atoms with E-state index in [1.54, 1.807) is 6.07 Å². The number of anilines is 2. The maximum absolute atomic E-state index is 13.0. The van der Waals surface area contributed by atoms with Crippen molar-refractivity contribution in [1.82, 2.24) is 9.88 Å². The number of aromatic nitrogens is 1. The fourth-order valence-electron chi connectivity index (χ4n) is 4.40. The highest BCUT2D eigenvalue weighted by Crippen LogP contribution is 2.35. The third-order valence-corrected chi connectivity index (χ3v) is 6.06. The van der Waals surface area contributed by atoms with Crippen LogP contribution in [0.2, 0.25) is 0 Å². The summed E-state index contributed by atoms with van der Waals surface area (Å²) in [7, 11) is 0. The molecule has 0 spiro atoms. The summed E-state index contributed by atoms with van der Waals surface area (Å²) in [5.41, 5.74) is 13.0. The van der Waals surface area contributed by atoms with Gasteiger partial charge in [0.15, 0.2) is 0 Å². The van der Waals surface area contributed by atoms with Gasteiger partial charge < -0.3 is 21.7 Å². The summed E-state index contributed by atoms with van der Waals surface area (Å²) in [6.45, 7) is 4.59. The van der Waals surface area contributed by atoms with E-state index in [2.05, 4.69) is 17.2 Å². The lowest BCUT2D eigenvalue weighted by Gasteiger charge is -2.44. The summed E-state index contributed by atoms with van der Waals surface area (Å²) in [4.78, 5) is 31.4. The highest BCUT2D eigenvalue weighted by atomic mass is 16.2. The number of aryl methyl sites for hydroxylation is 1. The number of amides is 2. The molecule has 0 bridgehead atoms. The summed E-state index contributed by atoms with van der Waals surface area (Å²) in [6, 6.07) is 2.14. The number of nitrogens with zero attached hydrogens (tertiary/aromatic N) is 2. The van der Waals surface area contributed by atoms with Gasteiger partial charge in [0.1, 0.15) is 5.82 Å². The summed E-state index contributed by atoms with van der Waals surface area (Å²) in [6.07, 6.45) is 7.61. The molecule has 2 fully saturated rings. The molecule has 2 heterocycles. The fraction of sp³-hybridized carbons (Fsp3) is 0.650. The van der Waals surface area contributed by atoms with Crippen molar-refractivity contribution in [3.05, 3.63) is 17.8 Å². The monoisotopic (exact) mass is 373 g/mol. The number of carbonyl (C=O) groups excluding carboxylic acids is 2. The minimum absolute atomic E-state index is 0.137. The number of piperidine rings is 1. The first kappa shape index (κ1) is 19.6. The predicted octanol–water partition coefficient (Wildman–Crippen LogP) is 2.06. The molecule has 0 unspecified atom stereocenters. The molecule has 0 aromatic carbocycles. The highest BCUT2D eigenvalue weighted by Gasteiger charge is 2.38. The Bertz CT molecular complexity index is 700. The Hall–Kier alpha value is -2.15. The van der Waals surface area contributed by atoms with Gasteiger partial charge in [0, 0.05) is 18.6 Å². The number of carbonyl (C=O) groups is 2. The van der Waals surface area contributed by atoms with Gasteiger partial charge in [0.2, 0.25) is 0 Å². The third kappa shape index (κ3) is 4.58.